The van der Waals surface area contributed by atoms with Gasteiger partial charge in [0.05, 0.1) is 45.4 Å². The summed E-state index contributed by atoms with van der Waals surface area (Å²) in [7, 11) is 0.817. The van der Waals surface area contributed by atoms with Crippen LogP contribution in [0.15, 0.2) is 77.9 Å². The van der Waals surface area contributed by atoms with Gasteiger partial charge in [0.15, 0.2) is 0 Å². The number of methoxy groups -OCH3 is 2. The monoisotopic (exact) mass is 897 g/mol. The first kappa shape index (κ1) is 44.2. The molecule has 0 aliphatic carbocycles. The summed E-state index contributed by atoms with van der Waals surface area (Å²) in [6.07, 6.45) is 5.20. The van der Waals surface area contributed by atoms with Crippen LogP contribution in [0.2, 0.25) is 19.1 Å². The third-order valence-corrected chi connectivity index (χ3v) is 16.6. The molecule has 5 heterocycles. The molecule has 0 radical (unpaired) electrons. The fourth-order valence-corrected chi connectivity index (χ4v) is 13.3. The van der Waals surface area contributed by atoms with E-state index in [-0.39, 0.29) is 35.7 Å². The van der Waals surface area contributed by atoms with Crippen molar-refractivity contribution in [1.29, 1.82) is 0 Å². The molecule has 5 aromatic rings. The summed E-state index contributed by atoms with van der Waals surface area (Å²) in [6, 6.07) is 23.0. The molecule has 4 atom stereocenters. The van der Waals surface area contributed by atoms with E-state index in [1.54, 1.807) is 0 Å². The number of amides is 4. The highest BCUT2D eigenvalue weighted by Gasteiger charge is 2.47. The van der Waals surface area contributed by atoms with Crippen molar-refractivity contribution in [2.24, 2.45) is 16.8 Å². The number of allylic oxidation sites excluding steroid dienone is 1. The van der Waals surface area contributed by atoms with Crippen molar-refractivity contribution in [2.45, 2.75) is 89.3 Å². The minimum Gasteiger partial charge on any atom is -0.453 e. The number of nitrogens with zero attached hydrogens (tertiary/aromatic N) is 4. The van der Waals surface area contributed by atoms with Crippen molar-refractivity contribution in [2.75, 3.05) is 40.1 Å². The third-order valence-electron chi connectivity index (χ3n) is 13.9. The quantitative estimate of drug-likeness (QED) is 0.118. The van der Waals surface area contributed by atoms with E-state index in [1.165, 1.54) is 14.2 Å². The molecule has 0 bridgehead atoms. The lowest BCUT2D eigenvalue weighted by Crippen LogP contribution is -2.53. The number of aliphatic imine (C=N–C) groups is 1. The number of carbonyl (C=O) groups is 4. The van der Waals surface area contributed by atoms with Gasteiger partial charge in [-0.15, -0.1) is 0 Å². The Hall–Kier alpha value is -6.06. The molecular formula is C50H59N7O7Si. The van der Waals surface area contributed by atoms with Gasteiger partial charge in [-0.3, -0.25) is 14.6 Å². The molecule has 9 rings (SSSR count). The van der Waals surface area contributed by atoms with Crippen LogP contribution in [0.5, 0.6) is 0 Å². The zero-order chi connectivity index (χ0) is 45.6. The minimum absolute atomic E-state index is 0.0352. The van der Waals surface area contributed by atoms with Crippen LogP contribution in [-0.2, 0) is 23.8 Å². The average Bonchev–Trinajstić information content (AvgIpc) is 4.15. The van der Waals surface area contributed by atoms with Crippen LogP contribution in [0, 0.1) is 11.8 Å². The van der Waals surface area contributed by atoms with Crippen LogP contribution >= 0.6 is 0 Å². The van der Waals surface area contributed by atoms with Gasteiger partial charge >= 0.3 is 12.2 Å². The predicted octanol–water partition coefficient (Wildman–Crippen LogP) is 8.38. The highest BCUT2D eigenvalue weighted by Crippen LogP contribution is 2.40. The number of aromatic nitrogens is 2. The number of rotatable bonds is 10. The second-order valence-electron chi connectivity index (χ2n) is 19.2. The second kappa shape index (κ2) is 18.1. The maximum atomic E-state index is 14.4. The molecule has 4 amide bonds. The lowest BCUT2D eigenvalue weighted by molar-refractivity contribution is -0.136. The molecule has 4 aromatic carbocycles. The number of alkyl carbamates (subject to hydrolysis) is 2. The van der Waals surface area contributed by atoms with E-state index in [4.69, 9.17) is 24.2 Å². The number of H-pyrrole nitrogens is 1. The van der Waals surface area contributed by atoms with E-state index < -0.39 is 32.3 Å². The highest BCUT2D eigenvalue weighted by molar-refractivity contribution is 6.78. The van der Waals surface area contributed by atoms with Gasteiger partial charge in [0, 0.05) is 49.6 Å². The van der Waals surface area contributed by atoms with Gasteiger partial charge in [-0.25, -0.2) is 14.6 Å². The number of likely N-dealkylation sites (tertiary alicyclic amines) is 1. The van der Waals surface area contributed by atoms with Gasteiger partial charge in [-0.1, -0.05) is 69.4 Å². The summed E-state index contributed by atoms with van der Waals surface area (Å²) < 4.78 is 15.3. The van der Waals surface area contributed by atoms with E-state index in [2.05, 4.69) is 95.4 Å². The standard InChI is InChI=1S/C50H59N7O7Si/c1-29(2)43(54-49(60)62-3)47(58)56-19-7-8-41(56)40-25-37(26-51-40)35-12-11-31-22-32(9-10-33(31)23-35)34-13-15-38-36(24-34)14-16-39-45(38)53-46(52-39)42-27-65(5,6)28-57(42)48(59)44(55-50(61)63-4)30-17-20-64-21-18-30/h9-16,22-24,26,29-30,41-44H,7-8,17-21,25,27-28H2,1-6H3,(H,52,53)(H,54,60)(H,55,61)/t41-,42-,43-,44+/m1/s1. The number of aromatic amines is 1. The van der Waals surface area contributed by atoms with Crippen molar-refractivity contribution in [3.63, 3.8) is 0 Å². The van der Waals surface area contributed by atoms with Gasteiger partial charge in [0.2, 0.25) is 11.8 Å². The van der Waals surface area contributed by atoms with Crippen LogP contribution in [0.4, 0.5) is 9.59 Å². The maximum Gasteiger partial charge on any atom is 0.407 e. The molecule has 3 saturated heterocycles. The van der Waals surface area contributed by atoms with Crippen LogP contribution < -0.4 is 10.6 Å². The number of nitrogens with one attached hydrogen (secondary N) is 3. The highest BCUT2D eigenvalue weighted by atomic mass is 28.3. The molecule has 0 saturated carbocycles. The van der Waals surface area contributed by atoms with Gasteiger partial charge in [0.25, 0.3) is 0 Å². The van der Waals surface area contributed by atoms with Crippen molar-refractivity contribution >= 4 is 75.9 Å². The summed E-state index contributed by atoms with van der Waals surface area (Å²) in [5.74, 6) is 0.470. The summed E-state index contributed by atoms with van der Waals surface area (Å²) in [5, 5.41) is 9.98. The SMILES string of the molecule is COC(=O)N[C@H](C(=O)N1C[Si](C)(C)C[C@@H]1c1nc2c(ccc3cc(-c4ccc5cc(C6=CN=C([C@H]7CCCN7C(=O)[C@H](NC(=O)OC)C(C)C)C6)ccc5c4)ccc32)[nH]1)C1CCOCC1. The Morgan fingerprint density at radius 2 is 1.46 bits per heavy atom. The first-order chi connectivity index (χ1) is 31.3. The topological polar surface area (TPSA) is 168 Å². The lowest BCUT2D eigenvalue weighted by Gasteiger charge is -2.34. The minimum atomic E-state index is -1.81. The van der Waals surface area contributed by atoms with Crippen LogP contribution in [0.25, 0.3) is 49.3 Å². The molecule has 65 heavy (non-hydrogen) atoms. The van der Waals surface area contributed by atoms with E-state index in [9.17, 15) is 19.2 Å². The summed E-state index contributed by atoms with van der Waals surface area (Å²) in [5.41, 5.74) is 7.21. The first-order valence-corrected chi connectivity index (χ1v) is 26.3. The number of carbonyl (C=O) groups excluding carboxylic acids is 4. The Kier molecular flexibility index (Phi) is 12.3. The molecule has 15 heteroatoms. The van der Waals surface area contributed by atoms with Crippen LogP contribution in [0.1, 0.15) is 63.4 Å². The lowest BCUT2D eigenvalue weighted by atomic mass is 9.90. The van der Waals surface area contributed by atoms with Crippen molar-refractivity contribution in [3.8, 4) is 11.1 Å². The Morgan fingerprint density at radius 1 is 0.800 bits per heavy atom. The van der Waals surface area contributed by atoms with Gasteiger partial charge in [0.1, 0.15) is 17.9 Å². The Balaban J connectivity index is 0.912. The van der Waals surface area contributed by atoms with E-state index in [0.717, 1.165) is 85.3 Å². The van der Waals surface area contributed by atoms with E-state index >= 15 is 0 Å². The molecular weight excluding hydrogens is 839 g/mol. The van der Waals surface area contributed by atoms with Crippen molar-refractivity contribution in [3.05, 3.63) is 84.3 Å². The fourth-order valence-electron chi connectivity index (χ4n) is 10.4. The molecule has 4 aliphatic rings. The van der Waals surface area contributed by atoms with Crippen molar-refractivity contribution < 1.29 is 33.4 Å². The molecule has 3 fully saturated rings. The van der Waals surface area contributed by atoms with E-state index in [0.29, 0.717) is 45.2 Å². The molecule has 340 valence electrons. The number of hydrogen-bond donors (Lipinski definition) is 3. The second-order valence-corrected chi connectivity index (χ2v) is 24.3. The average molecular weight is 898 g/mol. The van der Waals surface area contributed by atoms with Crippen LogP contribution in [-0.4, -0.2) is 116 Å². The Labute approximate surface area is 380 Å². The number of fused-ring (bicyclic) bond motifs is 4. The molecule has 3 N–H and O–H groups in total. The van der Waals surface area contributed by atoms with Crippen LogP contribution in [0.3, 0.4) is 0 Å². The van der Waals surface area contributed by atoms with Crippen molar-refractivity contribution in [1.82, 2.24) is 30.4 Å². The van der Waals surface area contributed by atoms with E-state index in [1.807, 2.05) is 29.8 Å². The zero-order valence-corrected chi connectivity index (χ0v) is 39.1. The number of hydrogen-bond acceptors (Lipinski definition) is 9. The molecule has 0 unspecified atom stereocenters. The molecule has 14 nitrogen and oxygen atoms in total. The van der Waals surface area contributed by atoms with Gasteiger partial charge < -0.3 is 39.6 Å². The molecule has 4 aliphatic heterocycles. The van der Waals surface area contributed by atoms with Gasteiger partial charge in [-0.05, 0) is 106 Å². The largest absolute Gasteiger partial charge is 0.453 e. The zero-order valence-electron chi connectivity index (χ0n) is 38.1. The first-order valence-electron chi connectivity index (χ1n) is 22.9. The third kappa shape index (κ3) is 8.87. The smallest absolute Gasteiger partial charge is 0.407 e. The Morgan fingerprint density at radius 3 is 2.18 bits per heavy atom. The number of benzene rings is 4. The normalized spacial score (nSPS) is 20.8. The maximum absolute atomic E-state index is 14.4. The molecule has 0 spiro atoms. The fraction of sp³-hybridized carbons (Fsp3) is 0.440. The Bertz CT molecular complexity index is 2740. The number of ether oxygens (including phenoxy) is 3. The summed E-state index contributed by atoms with van der Waals surface area (Å²) in [6.45, 7) is 10.2. The summed E-state index contributed by atoms with van der Waals surface area (Å²) >= 11 is 0. The summed E-state index contributed by atoms with van der Waals surface area (Å²) in [4.78, 5) is 70.1. The van der Waals surface area contributed by atoms with Gasteiger partial charge in [-0.2, -0.15) is 0 Å². The predicted molar refractivity (Wildman–Crippen MR) is 255 cm³/mol. The molecule has 1 aromatic heterocycles. The number of imidazole rings is 1.